The minimum absolute atomic E-state index is 0.0928. The summed E-state index contributed by atoms with van der Waals surface area (Å²) in [4.78, 5) is 4.26. The zero-order chi connectivity index (χ0) is 13.0. The van der Waals surface area contributed by atoms with Crippen molar-refractivity contribution in [3.05, 3.63) is 24.2 Å². The second-order valence-electron chi connectivity index (χ2n) is 4.15. The molecule has 0 aliphatic carbocycles. The van der Waals surface area contributed by atoms with Crippen LogP contribution in [0, 0.1) is 0 Å². The average Bonchev–Trinajstić information content (AvgIpc) is 2.84. The van der Waals surface area contributed by atoms with Gasteiger partial charge in [0.25, 0.3) is 0 Å². The van der Waals surface area contributed by atoms with Crippen LogP contribution in [0.4, 0.5) is 5.82 Å². The molecular formula is C11H16N6O. The molecule has 7 heteroatoms. The molecule has 0 aromatic carbocycles. The standard InChI is InChI=1S/C11H16N6O/c1-7(2)18-9-5-4-6-12-11(9)13-8(3)10-14-16-17-15-10/h4-8H,1-3H3,(H,12,13)(H,14,15,16,17). The van der Waals surface area contributed by atoms with Gasteiger partial charge in [0.2, 0.25) is 0 Å². The first-order chi connectivity index (χ1) is 8.66. The van der Waals surface area contributed by atoms with Gasteiger partial charge in [0.15, 0.2) is 17.4 Å². The number of nitrogens with zero attached hydrogens (tertiary/aromatic N) is 4. The molecule has 0 saturated heterocycles. The van der Waals surface area contributed by atoms with Crippen molar-refractivity contribution in [2.45, 2.75) is 32.9 Å². The van der Waals surface area contributed by atoms with E-state index in [1.54, 1.807) is 6.20 Å². The predicted molar refractivity (Wildman–Crippen MR) is 66.2 cm³/mol. The molecular weight excluding hydrogens is 232 g/mol. The third kappa shape index (κ3) is 2.93. The van der Waals surface area contributed by atoms with E-state index in [4.69, 9.17) is 4.74 Å². The van der Waals surface area contributed by atoms with Crippen molar-refractivity contribution < 1.29 is 4.74 Å². The van der Waals surface area contributed by atoms with Crippen molar-refractivity contribution in [1.82, 2.24) is 25.6 Å². The average molecular weight is 248 g/mol. The second kappa shape index (κ2) is 5.44. The third-order valence-corrected chi connectivity index (χ3v) is 2.24. The fraction of sp³-hybridized carbons (Fsp3) is 0.455. The van der Waals surface area contributed by atoms with Gasteiger partial charge in [-0.2, -0.15) is 5.21 Å². The molecule has 0 saturated carbocycles. The lowest BCUT2D eigenvalue weighted by Gasteiger charge is -2.16. The van der Waals surface area contributed by atoms with E-state index in [2.05, 4.69) is 30.9 Å². The Hall–Kier alpha value is -2.18. The number of pyridine rings is 1. The van der Waals surface area contributed by atoms with E-state index in [1.165, 1.54) is 0 Å². The summed E-state index contributed by atoms with van der Waals surface area (Å²) in [6.45, 7) is 5.87. The van der Waals surface area contributed by atoms with Crippen molar-refractivity contribution in [1.29, 1.82) is 0 Å². The van der Waals surface area contributed by atoms with Crippen LogP contribution in [0.3, 0.4) is 0 Å². The minimum Gasteiger partial charge on any atom is -0.487 e. The van der Waals surface area contributed by atoms with E-state index < -0.39 is 0 Å². The lowest BCUT2D eigenvalue weighted by atomic mass is 10.3. The number of anilines is 1. The topological polar surface area (TPSA) is 88.6 Å². The fourth-order valence-corrected chi connectivity index (χ4v) is 1.47. The Labute approximate surface area is 105 Å². The summed E-state index contributed by atoms with van der Waals surface area (Å²) in [7, 11) is 0. The highest BCUT2D eigenvalue weighted by molar-refractivity contribution is 5.50. The van der Waals surface area contributed by atoms with Crippen molar-refractivity contribution in [2.24, 2.45) is 0 Å². The molecule has 2 aromatic rings. The molecule has 1 unspecified atom stereocenters. The van der Waals surface area contributed by atoms with Gasteiger partial charge < -0.3 is 10.1 Å². The summed E-state index contributed by atoms with van der Waals surface area (Å²) in [6.07, 6.45) is 1.80. The minimum atomic E-state index is -0.104. The van der Waals surface area contributed by atoms with Gasteiger partial charge in [-0.05, 0) is 32.9 Å². The first kappa shape index (κ1) is 12.3. The first-order valence-corrected chi connectivity index (χ1v) is 5.78. The van der Waals surface area contributed by atoms with Crippen molar-refractivity contribution in [2.75, 3.05) is 5.32 Å². The van der Waals surface area contributed by atoms with Crippen LogP contribution in [-0.4, -0.2) is 31.7 Å². The van der Waals surface area contributed by atoms with Crippen molar-refractivity contribution in [3.8, 4) is 5.75 Å². The van der Waals surface area contributed by atoms with Gasteiger partial charge in [0.05, 0.1) is 12.1 Å². The van der Waals surface area contributed by atoms with Crippen molar-refractivity contribution in [3.63, 3.8) is 0 Å². The highest BCUT2D eigenvalue weighted by atomic mass is 16.5. The summed E-state index contributed by atoms with van der Waals surface area (Å²) in [5.41, 5.74) is 0. The van der Waals surface area contributed by atoms with Crippen LogP contribution in [-0.2, 0) is 0 Å². The lowest BCUT2D eigenvalue weighted by molar-refractivity contribution is 0.242. The molecule has 18 heavy (non-hydrogen) atoms. The number of hydrogen-bond acceptors (Lipinski definition) is 6. The molecule has 0 aliphatic rings. The molecule has 2 N–H and O–H groups in total. The number of aromatic amines is 1. The van der Waals surface area contributed by atoms with Gasteiger partial charge in [-0.1, -0.05) is 5.21 Å². The van der Waals surface area contributed by atoms with Crippen LogP contribution in [0.25, 0.3) is 0 Å². The Bertz CT molecular complexity index is 484. The monoisotopic (exact) mass is 248 g/mol. The van der Waals surface area contributed by atoms with Crippen molar-refractivity contribution >= 4 is 5.82 Å². The quantitative estimate of drug-likeness (QED) is 0.834. The maximum atomic E-state index is 5.67. The zero-order valence-corrected chi connectivity index (χ0v) is 10.6. The van der Waals surface area contributed by atoms with E-state index >= 15 is 0 Å². The molecule has 2 rings (SSSR count). The number of tetrazole rings is 1. The largest absolute Gasteiger partial charge is 0.487 e. The molecule has 0 amide bonds. The van der Waals surface area contributed by atoms with E-state index in [1.807, 2.05) is 32.9 Å². The van der Waals surface area contributed by atoms with Gasteiger partial charge in [0.1, 0.15) is 0 Å². The number of nitrogens with one attached hydrogen (secondary N) is 2. The van der Waals surface area contributed by atoms with Gasteiger partial charge in [0, 0.05) is 6.20 Å². The summed E-state index contributed by atoms with van der Waals surface area (Å²) in [6, 6.07) is 3.60. The van der Waals surface area contributed by atoms with Crippen LogP contribution < -0.4 is 10.1 Å². The Morgan fingerprint density at radius 2 is 2.17 bits per heavy atom. The highest BCUT2D eigenvalue weighted by Crippen LogP contribution is 2.25. The molecule has 2 heterocycles. The number of rotatable bonds is 5. The van der Waals surface area contributed by atoms with Crippen LogP contribution in [0.5, 0.6) is 5.75 Å². The maximum absolute atomic E-state index is 5.67. The van der Waals surface area contributed by atoms with Gasteiger partial charge in [-0.3, -0.25) is 0 Å². The first-order valence-electron chi connectivity index (χ1n) is 5.78. The second-order valence-corrected chi connectivity index (χ2v) is 4.15. The predicted octanol–water partition coefficient (Wildman–Crippen LogP) is 1.55. The Morgan fingerprint density at radius 3 is 2.83 bits per heavy atom. The van der Waals surface area contributed by atoms with Crippen LogP contribution in [0.1, 0.15) is 32.6 Å². The van der Waals surface area contributed by atoms with E-state index in [0.29, 0.717) is 17.4 Å². The van der Waals surface area contributed by atoms with Gasteiger partial charge in [-0.15, -0.1) is 10.2 Å². The van der Waals surface area contributed by atoms with E-state index in [9.17, 15) is 0 Å². The Morgan fingerprint density at radius 1 is 1.33 bits per heavy atom. The number of hydrogen-bond donors (Lipinski definition) is 2. The van der Waals surface area contributed by atoms with E-state index in [0.717, 1.165) is 0 Å². The molecule has 0 aliphatic heterocycles. The lowest BCUT2D eigenvalue weighted by Crippen LogP contribution is -2.13. The number of aromatic nitrogens is 5. The highest BCUT2D eigenvalue weighted by Gasteiger charge is 2.14. The molecule has 7 nitrogen and oxygen atoms in total. The summed E-state index contributed by atoms with van der Waals surface area (Å²) >= 11 is 0. The molecule has 0 fully saturated rings. The molecule has 0 spiro atoms. The molecule has 96 valence electrons. The molecule has 0 bridgehead atoms. The van der Waals surface area contributed by atoms with Crippen LogP contribution in [0.15, 0.2) is 18.3 Å². The van der Waals surface area contributed by atoms with Gasteiger partial charge >= 0.3 is 0 Å². The summed E-state index contributed by atoms with van der Waals surface area (Å²) in [5, 5.41) is 17.0. The van der Waals surface area contributed by atoms with Crippen LogP contribution in [0.2, 0.25) is 0 Å². The zero-order valence-electron chi connectivity index (χ0n) is 10.6. The third-order valence-electron chi connectivity index (χ3n) is 2.24. The Balaban J connectivity index is 2.13. The Kier molecular flexibility index (Phi) is 3.71. The van der Waals surface area contributed by atoms with Crippen LogP contribution >= 0.6 is 0 Å². The molecule has 2 aromatic heterocycles. The summed E-state index contributed by atoms with van der Waals surface area (Å²) in [5.74, 6) is 1.96. The number of H-pyrrole nitrogens is 1. The molecule has 1 atom stereocenters. The van der Waals surface area contributed by atoms with Gasteiger partial charge in [-0.25, -0.2) is 4.98 Å². The number of ether oxygens (including phenoxy) is 1. The molecule has 0 radical (unpaired) electrons. The fourth-order valence-electron chi connectivity index (χ4n) is 1.47. The van der Waals surface area contributed by atoms with E-state index in [-0.39, 0.29) is 12.1 Å². The smallest absolute Gasteiger partial charge is 0.196 e. The summed E-state index contributed by atoms with van der Waals surface area (Å²) < 4.78 is 5.67. The normalized spacial score (nSPS) is 12.4. The SMILES string of the molecule is CC(C)Oc1cccnc1NC(C)c1nn[nH]n1. The maximum Gasteiger partial charge on any atom is 0.196 e.